The molecule has 0 amide bonds. The Hall–Kier alpha value is -2.60. The van der Waals surface area contributed by atoms with E-state index < -0.39 is 54.3 Å². The van der Waals surface area contributed by atoms with Gasteiger partial charge in [0.05, 0.1) is 11.1 Å². The van der Waals surface area contributed by atoms with Crippen molar-refractivity contribution >= 4 is 27.8 Å². The van der Waals surface area contributed by atoms with Crippen LogP contribution in [0.5, 0.6) is 0 Å². The normalized spacial score (nSPS) is 23.7. The van der Waals surface area contributed by atoms with E-state index >= 15 is 0 Å². The van der Waals surface area contributed by atoms with E-state index in [0.717, 1.165) is 17.7 Å². The number of rotatable bonds is 4. The molecule has 2 aromatic rings. The Labute approximate surface area is 172 Å². The van der Waals surface area contributed by atoms with Gasteiger partial charge in [-0.1, -0.05) is 18.2 Å². The average molecular weight is 469 g/mol. The summed E-state index contributed by atoms with van der Waals surface area (Å²) in [7, 11) is 0. The summed E-state index contributed by atoms with van der Waals surface area (Å²) < 4.78 is 11.7. The number of hydrogen-bond donors (Lipinski definition) is 2. The van der Waals surface area contributed by atoms with E-state index in [0.29, 0.717) is 4.57 Å². The Kier molecular flexibility index (Phi) is 6.13. The number of aromatic nitrogens is 2. The SMILES string of the molecule is CC(=O)O[C@H]1C(O)[C@@H](CO)O[C@H]1n1cc(Br)c(=O)n(C(=O)c2ccccc2)c1=O. The molecule has 2 heterocycles. The molecule has 1 aliphatic heterocycles. The third kappa shape index (κ3) is 3.94. The summed E-state index contributed by atoms with van der Waals surface area (Å²) in [4.78, 5) is 49.7. The van der Waals surface area contributed by atoms with E-state index in [-0.39, 0.29) is 10.0 Å². The van der Waals surface area contributed by atoms with Gasteiger partial charge in [0.25, 0.3) is 11.5 Å². The number of halogens is 1. The fourth-order valence-electron chi connectivity index (χ4n) is 3.02. The molecule has 1 saturated heterocycles. The molecule has 10 nitrogen and oxygen atoms in total. The fourth-order valence-corrected chi connectivity index (χ4v) is 3.42. The molecule has 2 N–H and O–H groups in total. The van der Waals surface area contributed by atoms with Crippen LogP contribution in [0.4, 0.5) is 0 Å². The minimum absolute atomic E-state index is 0.105. The first-order chi connectivity index (χ1) is 13.8. The summed E-state index contributed by atoms with van der Waals surface area (Å²) in [5, 5.41) is 19.7. The number of hydrogen-bond acceptors (Lipinski definition) is 8. The van der Waals surface area contributed by atoms with Gasteiger partial charge in [0.15, 0.2) is 12.3 Å². The molecule has 0 saturated carbocycles. The van der Waals surface area contributed by atoms with Crippen molar-refractivity contribution in [3.63, 3.8) is 0 Å². The summed E-state index contributed by atoms with van der Waals surface area (Å²) in [5.74, 6) is -1.61. The second-order valence-electron chi connectivity index (χ2n) is 6.29. The molecule has 0 aliphatic carbocycles. The van der Waals surface area contributed by atoms with Crippen molar-refractivity contribution in [3.05, 3.63) is 67.4 Å². The molecule has 1 aromatic heterocycles. The van der Waals surface area contributed by atoms with Crippen LogP contribution in [0.25, 0.3) is 0 Å². The van der Waals surface area contributed by atoms with Crippen molar-refractivity contribution in [2.24, 2.45) is 0 Å². The van der Waals surface area contributed by atoms with Crippen LogP contribution in [-0.2, 0) is 14.3 Å². The molecule has 1 aliphatic rings. The Morgan fingerprint density at radius 3 is 2.48 bits per heavy atom. The van der Waals surface area contributed by atoms with Crippen molar-refractivity contribution in [2.45, 2.75) is 31.5 Å². The van der Waals surface area contributed by atoms with Gasteiger partial charge >= 0.3 is 11.7 Å². The van der Waals surface area contributed by atoms with Crippen LogP contribution in [0.3, 0.4) is 0 Å². The van der Waals surface area contributed by atoms with E-state index in [1.807, 2.05) is 0 Å². The first-order valence-corrected chi connectivity index (χ1v) is 9.30. The molecule has 1 fully saturated rings. The number of aliphatic hydroxyl groups excluding tert-OH is 2. The van der Waals surface area contributed by atoms with Crippen molar-refractivity contribution in [1.29, 1.82) is 0 Å². The van der Waals surface area contributed by atoms with E-state index in [9.17, 15) is 29.4 Å². The highest BCUT2D eigenvalue weighted by molar-refractivity contribution is 9.10. The van der Waals surface area contributed by atoms with Crippen LogP contribution >= 0.6 is 15.9 Å². The van der Waals surface area contributed by atoms with E-state index in [4.69, 9.17) is 9.47 Å². The highest BCUT2D eigenvalue weighted by Gasteiger charge is 2.47. The zero-order valence-corrected chi connectivity index (χ0v) is 16.7. The zero-order chi connectivity index (χ0) is 21.3. The predicted molar refractivity (Wildman–Crippen MR) is 101 cm³/mol. The molecule has 0 bridgehead atoms. The predicted octanol–water partition coefficient (Wildman–Crippen LogP) is -0.357. The molecule has 1 unspecified atom stereocenters. The number of carbonyl (C=O) groups excluding carboxylic acids is 2. The third-order valence-electron chi connectivity index (χ3n) is 4.36. The van der Waals surface area contributed by atoms with Crippen molar-refractivity contribution in [3.8, 4) is 0 Å². The van der Waals surface area contributed by atoms with Crippen molar-refractivity contribution in [2.75, 3.05) is 6.61 Å². The standard InChI is InChI=1S/C18H17BrN2O8/c1-9(23)28-14-13(24)12(8-22)29-17(14)20-7-11(19)16(26)21(18(20)27)15(25)10-5-3-2-4-6-10/h2-7,12-14,17,22,24H,8H2,1H3/t12-,13?,14+,17-/m1/s1. The van der Waals surface area contributed by atoms with Gasteiger partial charge in [0, 0.05) is 18.7 Å². The topological polar surface area (TPSA) is 137 Å². The van der Waals surface area contributed by atoms with Gasteiger partial charge in [-0.2, -0.15) is 4.57 Å². The van der Waals surface area contributed by atoms with E-state index in [1.54, 1.807) is 18.2 Å². The largest absolute Gasteiger partial charge is 0.455 e. The van der Waals surface area contributed by atoms with Crippen LogP contribution in [0.1, 0.15) is 23.5 Å². The van der Waals surface area contributed by atoms with Gasteiger partial charge < -0.3 is 19.7 Å². The monoisotopic (exact) mass is 468 g/mol. The molecule has 4 atom stereocenters. The second-order valence-corrected chi connectivity index (χ2v) is 7.15. The maximum Gasteiger partial charge on any atom is 0.340 e. The van der Waals surface area contributed by atoms with Crippen LogP contribution in [-0.4, -0.2) is 56.1 Å². The van der Waals surface area contributed by atoms with Crippen molar-refractivity contribution < 1.29 is 29.3 Å². The zero-order valence-electron chi connectivity index (χ0n) is 15.1. The number of benzene rings is 1. The minimum Gasteiger partial charge on any atom is -0.455 e. The molecule has 29 heavy (non-hydrogen) atoms. The van der Waals surface area contributed by atoms with Gasteiger partial charge in [-0.15, -0.1) is 0 Å². The molecule has 1 aromatic carbocycles. The Morgan fingerprint density at radius 1 is 1.24 bits per heavy atom. The quantitative estimate of drug-likeness (QED) is 0.580. The van der Waals surface area contributed by atoms with Gasteiger partial charge in [0.2, 0.25) is 0 Å². The van der Waals surface area contributed by atoms with Crippen LogP contribution < -0.4 is 11.2 Å². The number of nitrogens with zero attached hydrogens (tertiary/aromatic N) is 2. The molecular formula is C18H17BrN2O8. The van der Waals surface area contributed by atoms with Crippen LogP contribution in [0, 0.1) is 0 Å². The lowest BCUT2D eigenvalue weighted by molar-refractivity contribution is -0.156. The minimum atomic E-state index is -1.43. The second kappa shape index (κ2) is 8.41. The first-order valence-electron chi connectivity index (χ1n) is 8.51. The van der Waals surface area contributed by atoms with Gasteiger partial charge in [-0.3, -0.25) is 19.0 Å². The summed E-state index contributed by atoms with van der Waals surface area (Å²) in [6.07, 6.45) is -4.20. The lowest BCUT2D eigenvalue weighted by Crippen LogP contribution is -2.47. The highest BCUT2D eigenvalue weighted by Crippen LogP contribution is 2.31. The number of carbonyl (C=O) groups is 2. The van der Waals surface area contributed by atoms with Gasteiger partial charge in [0.1, 0.15) is 12.2 Å². The summed E-state index contributed by atoms with van der Waals surface area (Å²) in [6.45, 7) is 0.503. The van der Waals surface area contributed by atoms with Crippen LogP contribution in [0.15, 0.2) is 50.6 Å². The molecule has 3 rings (SSSR count). The number of esters is 1. The summed E-state index contributed by atoms with van der Waals surface area (Å²) in [6, 6.07) is 7.71. The third-order valence-corrected chi connectivity index (χ3v) is 4.91. The van der Waals surface area contributed by atoms with Gasteiger partial charge in [-0.25, -0.2) is 4.79 Å². The Morgan fingerprint density at radius 2 is 1.90 bits per heavy atom. The lowest BCUT2D eigenvalue weighted by Gasteiger charge is -2.22. The molecule has 154 valence electrons. The Bertz CT molecular complexity index is 1050. The van der Waals surface area contributed by atoms with E-state index in [2.05, 4.69) is 15.9 Å². The number of ether oxygens (including phenoxy) is 2. The molecule has 11 heteroatoms. The number of aliphatic hydroxyl groups is 2. The lowest BCUT2D eigenvalue weighted by atomic mass is 10.1. The smallest absolute Gasteiger partial charge is 0.340 e. The molecule has 0 spiro atoms. The maximum atomic E-state index is 13.0. The van der Waals surface area contributed by atoms with Crippen molar-refractivity contribution in [1.82, 2.24) is 9.13 Å². The maximum absolute atomic E-state index is 13.0. The van der Waals surface area contributed by atoms with E-state index in [1.165, 1.54) is 12.1 Å². The van der Waals surface area contributed by atoms with Crippen LogP contribution in [0.2, 0.25) is 0 Å². The Balaban J connectivity index is 2.14. The molecule has 0 radical (unpaired) electrons. The fraction of sp³-hybridized carbons (Fsp3) is 0.333. The summed E-state index contributed by atoms with van der Waals surface area (Å²) in [5.41, 5.74) is -1.84. The first kappa shape index (κ1) is 21.1. The molecular weight excluding hydrogens is 452 g/mol. The summed E-state index contributed by atoms with van der Waals surface area (Å²) >= 11 is 3.02. The average Bonchev–Trinajstić information content (AvgIpc) is 3.00. The van der Waals surface area contributed by atoms with Gasteiger partial charge in [-0.05, 0) is 28.1 Å². The highest BCUT2D eigenvalue weighted by atomic mass is 79.9.